The minimum atomic E-state index is -1.14. The van der Waals surface area contributed by atoms with Crippen molar-refractivity contribution in [1.82, 2.24) is 4.90 Å². The molecule has 0 radical (unpaired) electrons. The van der Waals surface area contributed by atoms with Crippen LogP contribution in [0.3, 0.4) is 0 Å². The zero-order valence-corrected chi connectivity index (χ0v) is 15.0. The predicted octanol–water partition coefficient (Wildman–Crippen LogP) is 1.09. The highest BCUT2D eigenvalue weighted by molar-refractivity contribution is 5.89. The Hall–Kier alpha value is -1.96. The average Bonchev–Trinajstić information content (AvgIpc) is 2.94. The van der Waals surface area contributed by atoms with Gasteiger partial charge in [0.15, 0.2) is 18.0 Å². The van der Waals surface area contributed by atoms with Crippen LogP contribution in [0.4, 0.5) is 0 Å². The van der Waals surface area contributed by atoms with E-state index in [-0.39, 0.29) is 13.2 Å². The van der Waals surface area contributed by atoms with Gasteiger partial charge in [0.25, 0.3) is 5.91 Å². The molecule has 0 unspecified atom stereocenters. The van der Waals surface area contributed by atoms with Crippen LogP contribution in [-0.4, -0.2) is 59.6 Å². The summed E-state index contributed by atoms with van der Waals surface area (Å²) in [6.45, 7) is 5.07. The second-order valence-corrected chi connectivity index (χ2v) is 6.48. The molecule has 1 aromatic rings. The van der Waals surface area contributed by atoms with Gasteiger partial charge in [-0.3, -0.25) is 4.79 Å². The van der Waals surface area contributed by atoms with E-state index >= 15 is 0 Å². The number of carbonyl (C=O) groups excluding carboxylic acids is 2. The second-order valence-electron chi connectivity index (χ2n) is 6.48. The van der Waals surface area contributed by atoms with E-state index in [1.54, 1.807) is 20.8 Å². The fourth-order valence-electron chi connectivity index (χ4n) is 2.72. The number of hydrogen-bond acceptors (Lipinski definition) is 6. The van der Waals surface area contributed by atoms with Crippen LogP contribution in [0.1, 0.15) is 26.3 Å². The lowest BCUT2D eigenvalue weighted by atomic mass is 10.1. The van der Waals surface area contributed by atoms with E-state index in [1.807, 2.05) is 30.3 Å². The summed E-state index contributed by atoms with van der Waals surface area (Å²) < 4.78 is 15.9. The van der Waals surface area contributed by atoms with Crippen LogP contribution in [0.5, 0.6) is 0 Å². The Morgan fingerprint density at radius 2 is 1.84 bits per heavy atom. The highest BCUT2D eigenvalue weighted by Crippen LogP contribution is 2.30. The van der Waals surface area contributed by atoms with Crippen molar-refractivity contribution < 1.29 is 28.9 Å². The van der Waals surface area contributed by atoms with Crippen molar-refractivity contribution in [1.29, 1.82) is 0 Å². The Labute approximate surface area is 147 Å². The lowest BCUT2D eigenvalue weighted by molar-refractivity contribution is -0.169. The summed E-state index contributed by atoms with van der Waals surface area (Å²) in [5.41, 5.74) is 0.906. The zero-order valence-electron chi connectivity index (χ0n) is 15.0. The fraction of sp³-hybridized carbons (Fsp3) is 0.556. The summed E-state index contributed by atoms with van der Waals surface area (Å²) in [7, 11) is 1.23. The Bertz CT molecular complexity index is 603. The maximum atomic E-state index is 13.1. The lowest BCUT2D eigenvalue weighted by Gasteiger charge is -2.31. The summed E-state index contributed by atoms with van der Waals surface area (Å²) in [4.78, 5) is 26.5. The molecule has 0 aliphatic carbocycles. The molecular weight excluding hydrogens is 326 g/mol. The number of hydrogen-bond donors (Lipinski definition) is 1. The Morgan fingerprint density at radius 1 is 1.24 bits per heavy atom. The van der Waals surface area contributed by atoms with Gasteiger partial charge in [0.1, 0.15) is 0 Å². The molecule has 25 heavy (non-hydrogen) atoms. The third-order valence-electron chi connectivity index (χ3n) is 4.05. The van der Waals surface area contributed by atoms with E-state index in [0.29, 0.717) is 0 Å². The maximum absolute atomic E-state index is 13.1. The maximum Gasteiger partial charge on any atom is 0.338 e. The van der Waals surface area contributed by atoms with Crippen molar-refractivity contribution in [2.24, 2.45) is 0 Å². The van der Waals surface area contributed by atoms with Crippen LogP contribution in [0.2, 0.25) is 0 Å². The minimum Gasteiger partial charge on any atom is -0.467 e. The molecule has 1 aromatic carbocycles. The number of carbonyl (C=O) groups is 2. The number of amides is 1. The molecule has 0 saturated carbocycles. The SMILES string of the molecule is COC(=O)[C@@H]1OC(C)(C)O[C@@H]1C(=O)N(Cc1ccccc1)[C@@H](C)CO. The quantitative estimate of drug-likeness (QED) is 0.772. The first kappa shape index (κ1) is 19.4. The van der Waals surface area contributed by atoms with Crippen LogP contribution in [0.15, 0.2) is 30.3 Å². The minimum absolute atomic E-state index is 0.210. The van der Waals surface area contributed by atoms with Gasteiger partial charge in [-0.2, -0.15) is 0 Å². The van der Waals surface area contributed by atoms with E-state index in [1.165, 1.54) is 12.0 Å². The van der Waals surface area contributed by atoms with Crippen molar-refractivity contribution >= 4 is 11.9 Å². The van der Waals surface area contributed by atoms with Gasteiger partial charge in [0.05, 0.1) is 19.8 Å². The van der Waals surface area contributed by atoms with Crippen molar-refractivity contribution in [3.05, 3.63) is 35.9 Å². The topological polar surface area (TPSA) is 85.3 Å². The molecule has 1 aliphatic heterocycles. The third kappa shape index (κ3) is 4.56. The monoisotopic (exact) mass is 351 g/mol. The van der Waals surface area contributed by atoms with E-state index in [4.69, 9.17) is 14.2 Å². The molecule has 0 spiro atoms. The van der Waals surface area contributed by atoms with Gasteiger partial charge in [-0.05, 0) is 26.3 Å². The molecule has 1 aliphatic rings. The fourth-order valence-corrected chi connectivity index (χ4v) is 2.72. The Morgan fingerprint density at radius 3 is 2.40 bits per heavy atom. The summed E-state index contributed by atoms with van der Waals surface area (Å²) in [6.07, 6.45) is -2.27. The molecule has 1 saturated heterocycles. The molecule has 1 amide bonds. The molecule has 1 fully saturated rings. The first-order chi connectivity index (χ1) is 11.8. The number of aliphatic hydroxyl groups excluding tert-OH is 1. The predicted molar refractivity (Wildman–Crippen MR) is 89.4 cm³/mol. The standard InChI is InChI=1S/C18H25NO6/c1-12(11-20)19(10-13-8-6-5-7-9-13)16(21)14-15(17(22)23-4)25-18(2,3)24-14/h5-9,12,14-15,20H,10-11H2,1-4H3/t12-,14-,15+/m0/s1. The van der Waals surface area contributed by atoms with Gasteiger partial charge in [0.2, 0.25) is 0 Å². The van der Waals surface area contributed by atoms with Gasteiger partial charge < -0.3 is 24.2 Å². The number of ether oxygens (including phenoxy) is 3. The number of rotatable bonds is 6. The normalized spacial score (nSPS) is 23.1. The molecule has 0 bridgehead atoms. The first-order valence-electron chi connectivity index (χ1n) is 8.18. The van der Waals surface area contributed by atoms with Crippen molar-refractivity contribution in [3.63, 3.8) is 0 Å². The molecule has 138 valence electrons. The second kappa shape index (κ2) is 7.95. The molecule has 0 aromatic heterocycles. The molecule has 7 heteroatoms. The van der Waals surface area contributed by atoms with Crippen LogP contribution < -0.4 is 0 Å². The number of nitrogens with zero attached hydrogens (tertiary/aromatic N) is 1. The van der Waals surface area contributed by atoms with E-state index in [2.05, 4.69) is 0 Å². The number of esters is 1. The highest BCUT2D eigenvalue weighted by Gasteiger charge is 2.51. The average molecular weight is 351 g/mol. The van der Waals surface area contributed by atoms with Gasteiger partial charge in [-0.15, -0.1) is 0 Å². The number of aliphatic hydroxyl groups is 1. The van der Waals surface area contributed by atoms with Gasteiger partial charge in [-0.1, -0.05) is 30.3 Å². The van der Waals surface area contributed by atoms with Crippen LogP contribution in [0.25, 0.3) is 0 Å². The lowest BCUT2D eigenvalue weighted by Crippen LogP contribution is -2.50. The summed E-state index contributed by atoms with van der Waals surface area (Å²) >= 11 is 0. The van der Waals surface area contributed by atoms with E-state index < -0.39 is 35.9 Å². The molecule has 7 nitrogen and oxygen atoms in total. The van der Waals surface area contributed by atoms with Gasteiger partial charge >= 0.3 is 5.97 Å². The van der Waals surface area contributed by atoms with E-state index in [0.717, 1.165) is 5.56 Å². The molecule has 1 heterocycles. The summed E-state index contributed by atoms with van der Waals surface area (Å²) in [6, 6.07) is 8.96. The smallest absolute Gasteiger partial charge is 0.338 e. The summed E-state index contributed by atoms with van der Waals surface area (Å²) in [5.74, 6) is -2.17. The van der Waals surface area contributed by atoms with E-state index in [9.17, 15) is 14.7 Å². The van der Waals surface area contributed by atoms with Gasteiger partial charge in [0, 0.05) is 6.54 Å². The highest BCUT2D eigenvalue weighted by atomic mass is 16.8. The Balaban J connectivity index is 2.26. The summed E-state index contributed by atoms with van der Waals surface area (Å²) in [5, 5.41) is 9.54. The largest absolute Gasteiger partial charge is 0.467 e. The molecule has 3 atom stereocenters. The van der Waals surface area contributed by atoms with Crippen LogP contribution >= 0.6 is 0 Å². The van der Waals surface area contributed by atoms with Crippen LogP contribution in [-0.2, 0) is 30.3 Å². The van der Waals surface area contributed by atoms with Gasteiger partial charge in [-0.25, -0.2) is 4.79 Å². The van der Waals surface area contributed by atoms with Crippen LogP contribution in [0, 0.1) is 0 Å². The number of methoxy groups -OCH3 is 1. The van der Waals surface area contributed by atoms with Crippen molar-refractivity contribution in [2.75, 3.05) is 13.7 Å². The first-order valence-corrected chi connectivity index (χ1v) is 8.18. The molecule has 1 N–H and O–H groups in total. The van der Waals surface area contributed by atoms with Crippen molar-refractivity contribution in [3.8, 4) is 0 Å². The third-order valence-corrected chi connectivity index (χ3v) is 4.05. The van der Waals surface area contributed by atoms with Crippen molar-refractivity contribution in [2.45, 2.75) is 51.4 Å². The molecular formula is C18H25NO6. The number of benzene rings is 1. The zero-order chi connectivity index (χ0) is 18.6. The Kier molecular flexibility index (Phi) is 6.16. The molecule has 2 rings (SSSR count).